The number of aromatic nitrogens is 3. The first-order chi connectivity index (χ1) is 8.24. The van der Waals surface area contributed by atoms with Gasteiger partial charge in [-0.3, -0.25) is 0 Å². The zero-order valence-corrected chi connectivity index (χ0v) is 10.4. The number of halogens is 1. The van der Waals surface area contributed by atoms with Gasteiger partial charge in [-0.15, -0.1) is 5.10 Å². The van der Waals surface area contributed by atoms with E-state index in [1.54, 1.807) is 4.52 Å². The zero-order valence-electron chi connectivity index (χ0n) is 8.84. The fourth-order valence-corrected chi connectivity index (χ4v) is 2.05. The molecule has 0 spiro atoms. The van der Waals surface area contributed by atoms with Crippen LogP contribution in [0.3, 0.4) is 0 Å². The zero-order chi connectivity index (χ0) is 11.8. The van der Waals surface area contributed by atoms with Crippen LogP contribution in [-0.2, 0) is 0 Å². The molecule has 0 amide bonds. The minimum Gasteiger partial charge on any atom is -0.399 e. The number of nitrogen functional groups attached to an aromatic ring is 1. The molecule has 3 rings (SSSR count). The summed E-state index contributed by atoms with van der Waals surface area (Å²) in [7, 11) is 0. The number of anilines is 1. The lowest BCUT2D eigenvalue weighted by Crippen LogP contribution is -1.87. The molecule has 0 atom stereocenters. The Morgan fingerprint density at radius 1 is 1.12 bits per heavy atom. The van der Waals surface area contributed by atoms with Gasteiger partial charge in [-0.1, -0.05) is 0 Å². The van der Waals surface area contributed by atoms with Crippen molar-refractivity contribution in [1.29, 1.82) is 0 Å². The lowest BCUT2D eigenvalue weighted by Gasteiger charge is -1.94. The van der Waals surface area contributed by atoms with Crippen molar-refractivity contribution in [2.24, 2.45) is 0 Å². The van der Waals surface area contributed by atoms with E-state index in [9.17, 15) is 0 Å². The molecule has 0 aliphatic heterocycles. The summed E-state index contributed by atoms with van der Waals surface area (Å²) in [4.78, 5) is 4.48. The summed E-state index contributed by atoms with van der Waals surface area (Å²) in [5.41, 5.74) is 8.14. The van der Waals surface area contributed by atoms with Crippen LogP contribution in [0, 0.1) is 0 Å². The van der Waals surface area contributed by atoms with Gasteiger partial charge in [-0.2, -0.15) is 0 Å². The molecule has 2 aromatic heterocycles. The third-order valence-electron chi connectivity index (χ3n) is 2.48. The van der Waals surface area contributed by atoms with Gasteiger partial charge in [0.15, 0.2) is 11.5 Å². The number of pyridine rings is 1. The third kappa shape index (κ3) is 1.78. The molecule has 4 nitrogen and oxygen atoms in total. The number of hydrogen-bond acceptors (Lipinski definition) is 3. The maximum atomic E-state index is 5.65. The molecule has 0 saturated heterocycles. The molecule has 0 aliphatic carbocycles. The smallest absolute Gasteiger partial charge is 0.182 e. The second-order valence-electron chi connectivity index (χ2n) is 3.68. The van der Waals surface area contributed by atoms with Crippen LogP contribution in [0.15, 0.2) is 47.1 Å². The van der Waals surface area contributed by atoms with E-state index in [1.165, 1.54) is 0 Å². The number of fused-ring (bicyclic) bond motifs is 1. The van der Waals surface area contributed by atoms with Crippen LogP contribution in [-0.4, -0.2) is 14.6 Å². The first-order valence-corrected chi connectivity index (χ1v) is 5.90. The lowest BCUT2D eigenvalue weighted by molar-refractivity contribution is 0.963. The SMILES string of the molecule is Nc1ccc(-c2nc3c(Br)cccn3n2)cc1. The van der Waals surface area contributed by atoms with Crippen LogP contribution < -0.4 is 5.73 Å². The van der Waals surface area contributed by atoms with Gasteiger partial charge in [0.25, 0.3) is 0 Å². The van der Waals surface area contributed by atoms with Crippen LogP contribution in [0.2, 0.25) is 0 Å². The summed E-state index contributed by atoms with van der Waals surface area (Å²) < 4.78 is 2.67. The molecule has 0 unspecified atom stereocenters. The van der Waals surface area contributed by atoms with E-state index in [4.69, 9.17) is 5.73 Å². The first kappa shape index (κ1) is 10.3. The molecule has 0 bridgehead atoms. The minimum absolute atomic E-state index is 0.692. The molecule has 1 aromatic carbocycles. The summed E-state index contributed by atoms with van der Waals surface area (Å²) in [5.74, 6) is 0.692. The normalized spacial score (nSPS) is 10.9. The van der Waals surface area contributed by atoms with Gasteiger partial charge in [0.05, 0.1) is 4.47 Å². The Balaban J connectivity index is 2.18. The average Bonchev–Trinajstić information content (AvgIpc) is 2.75. The fourth-order valence-electron chi connectivity index (χ4n) is 1.63. The van der Waals surface area contributed by atoms with Crippen molar-refractivity contribution >= 4 is 27.3 Å². The maximum absolute atomic E-state index is 5.65. The largest absolute Gasteiger partial charge is 0.399 e. The third-order valence-corrected chi connectivity index (χ3v) is 3.10. The van der Waals surface area contributed by atoms with Gasteiger partial charge in [-0.25, -0.2) is 9.50 Å². The second kappa shape index (κ2) is 3.85. The number of nitrogens with zero attached hydrogens (tertiary/aromatic N) is 3. The van der Waals surface area contributed by atoms with Gasteiger partial charge in [0.1, 0.15) is 0 Å². The van der Waals surface area contributed by atoms with Crippen molar-refractivity contribution < 1.29 is 0 Å². The average molecular weight is 289 g/mol. The van der Waals surface area contributed by atoms with E-state index in [2.05, 4.69) is 26.0 Å². The van der Waals surface area contributed by atoms with Crippen LogP contribution in [0.25, 0.3) is 17.0 Å². The van der Waals surface area contributed by atoms with E-state index < -0.39 is 0 Å². The van der Waals surface area contributed by atoms with Crippen molar-refractivity contribution in [3.63, 3.8) is 0 Å². The van der Waals surface area contributed by atoms with Gasteiger partial charge in [-0.05, 0) is 52.3 Å². The molecule has 0 radical (unpaired) electrons. The second-order valence-corrected chi connectivity index (χ2v) is 4.54. The highest BCUT2D eigenvalue weighted by Gasteiger charge is 2.07. The Bertz CT molecular complexity index is 673. The molecular formula is C12H9BrN4. The Morgan fingerprint density at radius 3 is 2.59 bits per heavy atom. The number of nitrogens with two attached hydrogens (primary N) is 1. The monoisotopic (exact) mass is 288 g/mol. The molecular weight excluding hydrogens is 280 g/mol. The fraction of sp³-hybridized carbons (Fsp3) is 0. The number of hydrogen-bond donors (Lipinski definition) is 1. The Hall–Kier alpha value is -1.88. The Morgan fingerprint density at radius 2 is 1.88 bits per heavy atom. The molecule has 17 heavy (non-hydrogen) atoms. The summed E-state index contributed by atoms with van der Waals surface area (Å²) in [6, 6.07) is 11.4. The summed E-state index contributed by atoms with van der Waals surface area (Å²) in [6.07, 6.45) is 1.87. The molecule has 0 saturated carbocycles. The van der Waals surface area contributed by atoms with E-state index in [0.717, 1.165) is 21.4 Å². The van der Waals surface area contributed by atoms with Gasteiger partial charge in [0, 0.05) is 17.4 Å². The standard InChI is InChI=1S/C12H9BrN4/c13-10-2-1-7-17-12(10)15-11(16-17)8-3-5-9(14)6-4-8/h1-7H,14H2. The molecule has 84 valence electrons. The quantitative estimate of drug-likeness (QED) is 0.701. The highest BCUT2D eigenvalue weighted by molar-refractivity contribution is 9.10. The Labute approximate surface area is 106 Å². The molecule has 0 fully saturated rings. The van der Waals surface area contributed by atoms with Crippen LogP contribution >= 0.6 is 15.9 Å². The minimum atomic E-state index is 0.692. The number of benzene rings is 1. The summed E-state index contributed by atoms with van der Waals surface area (Å²) >= 11 is 3.45. The molecule has 0 aliphatic rings. The van der Waals surface area contributed by atoms with E-state index >= 15 is 0 Å². The highest BCUT2D eigenvalue weighted by Crippen LogP contribution is 2.21. The van der Waals surface area contributed by atoms with Crippen LogP contribution in [0.4, 0.5) is 5.69 Å². The van der Waals surface area contributed by atoms with Crippen molar-refractivity contribution in [3.8, 4) is 11.4 Å². The van der Waals surface area contributed by atoms with E-state index in [1.807, 2.05) is 42.6 Å². The van der Waals surface area contributed by atoms with Crippen molar-refractivity contribution in [2.75, 3.05) is 5.73 Å². The maximum Gasteiger partial charge on any atom is 0.182 e. The van der Waals surface area contributed by atoms with Gasteiger partial charge < -0.3 is 5.73 Å². The van der Waals surface area contributed by atoms with Gasteiger partial charge >= 0.3 is 0 Å². The summed E-state index contributed by atoms with van der Waals surface area (Å²) in [5, 5.41) is 4.41. The van der Waals surface area contributed by atoms with Gasteiger partial charge in [0.2, 0.25) is 0 Å². The molecule has 2 heterocycles. The van der Waals surface area contributed by atoms with Crippen molar-refractivity contribution in [3.05, 3.63) is 47.1 Å². The molecule has 2 N–H and O–H groups in total. The predicted octanol–water partition coefficient (Wildman–Crippen LogP) is 2.74. The predicted molar refractivity (Wildman–Crippen MR) is 70.5 cm³/mol. The number of rotatable bonds is 1. The summed E-state index contributed by atoms with van der Waals surface area (Å²) in [6.45, 7) is 0. The van der Waals surface area contributed by atoms with Crippen molar-refractivity contribution in [2.45, 2.75) is 0 Å². The molecule has 3 aromatic rings. The Kier molecular flexibility index (Phi) is 2.33. The van der Waals surface area contributed by atoms with Crippen LogP contribution in [0.1, 0.15) is 0 Å². The highest BCUT2D eigenvalue weighted by atomic mass is 79.9. The van der Waals surface area contributed by atoms with E-state index in [0.29, 0.717) is 5.82 Å². The molecule has 5 heteroatoms. The van der Waals surface area contributed by atoms with Crippen molar-refractivity contribution in [1.82, 2.24) is 14.6 Å². The topological polar surface area (TPSA) is 56.2 Å². The lowest BCUT2D eigenvalue weighted by atomic mass is 10.2. The van der Waals surface area contributed by atoms with Crippen LogP contribution in [0.5, 0.6) is 0 Å². The van der Waals surface area contributed by atoms with E-state index in [-0.39, 0.29) is 0 Å². The first-order valence-electron chi connectivity index (χ1n) is 5.11.